The number of aromatic nitrogens is 3. The molecule has 3 saturated heterocycles. The van der Waals surface area contributed by atoms with Crippen molar-refractivity contribution in [3.05, 3.63) is 35.8 Å². The molecule has 1 spiro atoms. The van der Waals surface area contributed by atoms with E-state index in [-0.39, 0.29) is 17.9 Å². The van der Waals surface area contributed by atoms with Gasteiger partial charge in [0.1, 0.15) is 30.0 Å². The first kappa shape index (κ1) is 25.1. The van der Waals surface area contributed by atoms with Gasteiger partial charge < -0.3 is 28.8 Å². The van der Waals surface area contributed by atoms with E-state index in [1.165, 1.54) is 17.8 Å². The molecule has 1 aromatic carbocycles. The molecular formula is C23H26F3N3O7. The van der Waals surface area contributed by atoms with Gasteiger partial charge in [0.2, 0.25) is 0 Å². The number of carboxylic acid groups (broad SMARTS) is 1. The van der Waals surface area contributed by atoms with Gasteiger partial charge in [-0.05, 0) is 39.3 Å². The van der Waals surface area contributed by atoms with Crippen molar-refractivity contribution in [2.24, 2.45) is 0 Å². The number of carboxylic acids is 1. The van der Waals surface area contributed by atoms with E-state index in [2.05, 4.69) is 10.3 Å². The predicted octanol–water partition coefficient (Wildman–Crippen LogP) is 2.82. The summed E-state index contributed by atoms with van der Waals surface area (Å²) in [4.78, 5) is 11.7. The normalized spacial score (nSPS) is 32.4. The van der Waals surface area contributed by atoms with Gasteiger partial charge in [0.25, 0.3) is 0 Å². The van der Waals surface area contributed by atoms with Gasteiger partial charge in [0, 0.05) is 12.0 Å². The molecule has 196 valence electrons. The van der Waals surface area contributed by atoms with Crippen LogP contribution < -0.4 is 0 Å². The summed E-state index contributed by atoms with van der Waals surface area (Å²) < 4.78 is 72.9. The van der Waals surface area contributed by atoms with Crippen LogP contribution >= 0.6 is 0 Å². The zero-order chi connectivity index (χ0) is 25.8. The van der Waals surface area contributed by atoms with Gasteiger partial charge >= 0.3 is 5.97 Å². The monoisotopic (exact) mass is 513 g/mol. The lowest BCUT2D eigenvalue weighted by Gasteiger charge is -2.54. The summed E-state index contributed by atoms with van der Waals surface area (Å²) >= 11 is 0. The highest BCUT2D eigenvalue weighted by molar-refractivity contribution is 5.71. The Morgan fingerprint density at radius 3 is 2.58 bits per heavy atom. The molecule has 0 radical (unpaired) electrons. The quantitative estimate of drug-likeness (QED) is 0.603. The number of aliphatic carboxylic acids is 1. The zero-order valence-corrected chi connectivity index (χ0v) is 19.8. The molecule has 3 aliphatic rings. The third kappa shape index (κ3) is 4.39. The third-order valence-electron chi connectivity index (χ3n) is 6.62. The molecule has 1 aromatic heterocycles. The molecule has 3 fully saturated rings. The van der Waals surface area contributed by atoms with Crippen molar-refractivity contribution in [2.75, 3.05) is 13.2 Å². The second-order valence-corrected chi connectivity index (χ2v) is 9.58. The fraction of sp³-hybridized carbons (Fsp3) is 0.609. The van der Waals surface area contributed by atoms with Crippen LogP contribution in [-0.2, 0) is 28.5 Å². The Morgan fingerprint density at radius 1 is 1.22 bits per heavy atom. The first-order valence-electron chi connectivity index (χ1n) is 11.6. The molecule has 0 bridgehead atoms. The number of fused-ring (bicyclic) bond motifs is 1. The van der Waals surface area contributed by atoms with E-state index in [1.54, 1.807) is 13.8 Å². The Bertz CT molecular complexity index is 1130. The van der Waals surface area contributed by atoms with Crippen LogP contribution in [0.2, 0.25) is 0 Å². The van der Waals surface area contributed by atoms with Crippen LogP contribution in [0.5, 0.6) is 0 Å². The molecular weight excluding hydrogens is 487 g/mol. The number of carbonyl (C=O) groups is 1. The Hall–Kier alpha value is -2.58. The number of nitrogens with zero attached hydrogens (tertiary/aromatic N) is 3. The maximum absolute atomic E-state index is 13.9. The molecule has 1 N–H and O–H groups in total. The van der Waals surface area contributed by atoms with Crippen LogP contribution in [-0.4, -0.2) is 75.3 Å². The summed E-state index contributed by atoms with van der Waals surface area (Å²) in [6.07, 6.45) is -1.10. The van der Waals surface area contributed by atoms with Crippen molar-refractivity contribution >= 4 is 5.97 Å². The molecule has 2 aromatic rings. The summed E-state index contributed by atoms with van der Waals surface area (Å²) in [5, 5.41) is 17.7. The number of rotatable bonds is 5. The Kier molecular flexibility index (Phi) is 6.32. The van der Waals surface area contributed by atoms with Crippen molar-refractivity contribution in [3.8, 4) is 11.3 Å². The minimum atomic E-state index is -1.59. The maximum Gasteiger partial charge on any atom is 0.332 e. The molecule has 36 heavy (non-hydrogen) atoms. The van der Waals surface area contributed by atoms with Crippen LogP contribution in [0, 0.1) is 17.5 Å². The number of halogens is 3. The average molecular weight is 513 g/mol. The van der Waals surface area contributed by atoms with Gasteiger partial charge in [-0.15, -0.1) is 5.10 Å². The van der Waals surface area contributed by atoms with Crippen LogP contribution in [0.1, 0.15) is 39.7 Å². The number of benzene rings is 1. The smallest absolute Gasteiger partial charge is 0.332 e. The van der Waals surface area contributed by atoms with Crippen molar-refractivity contribution in [2.45, 2.75) is 75.6 Å². The van der Waals surface area contributed by atoms with Gasteiger partial charge in [0.15, 0.2) is 35.1 Å². The SMILES string of the molecule is C[C@@H](O[C@@H]1[C@@H](n2cc(-c3cc(F)c(F)c(F)c3)nn2)[C@H]2OC(C)(C)OC[C@H]2O[C@@]12CCCO2)C(=O)O. The van der Waals surface area contributed by atoms with Gasteiger partial charge in [-0.25, -0.2) is 22.6 Å². The Balaban J connectivity index is 1.59. The molecule has 5 rings (SSSR count). The molecule has 3 aliphatic heterocycles. The minimum Gasteiger partial charge on any atom is -0.479 e. The Morgan fingerprint density at radius 2 is 1.94 bits per heavy atom. The summed E-state index contributed by atoms with van der Waals surface area (Å²) in [5.74, 6) is -7.81. The summed E-state index contributed by atoms with van der Waals surface area (Å²) in [7, 11) is 0. The molecule has 0 amide bonds. The predicted molar refractivity (Wildman–Crippen MR) is 114 cm³/mol. The highest BCUT2D eigenvalue weighted by Gasteiger charge is 2.62. The molecule has 13 heteroatoms. The first-order valence-corrected chi connectivity index (χ1v) is 11.6. The van der Waals surface area contributed by atoms with E-state index in [1.807, 2.05) is 0 Å². The van der Waals surface area contributed by atoms with Gasteiger partial charge in [0.05, 0.1) is 19.4 Å². The molecule has 0 saturated carbocycles. The second-order valence-electron chi connectivity index (χ2n) is 9.58. The average Bonchev–Trinajstić information content (AvgIpc) is 3.48. The van der Waals surface area contributed by atoms with Gasteiger partial charge in [-0.1, -0.05) is 5.21 Å². The lowest BCUT2D eigenvalue weighted by molar-refractivity contribution is -0.405. The fourth-order valence-electron chi connectivity index (χ4n) is 4.92. The molecule has 0 unspecified atom stereocenters. The number of ether oxygens (including phenoxy) is 5. The van der Waals surface area contributed by atoms with Gasteiger partial charge in [-0.2, -0.15) is 0 Å². The number of hydrogen-bond acceptors (Lipinski definition) is 8. The molecule has 4 heterocycles. The van der Waals surface area contributed by atoms with Gasteiger partial charge in [-0.3, -0.25) is 0 Å². The van der Waals surface area contributed by atoms with Crippen LogP contribution in [0.3, 0.4) is 0 Å². The summed E-state index contributed by atoms with van der Waals surface area (Å²) in [6, 6.07) is 0.814. The molecule has 6 atom stereocenters. The van der Waals surface area contributed by atoms with E-state index in [0.717, 1.165) is 12.1 Å². The van der Waals surface area contributed by atoms with Crippen molar-refractivity contribution in [1.29, 1.82) is 0 Å². The van der Waals surface area contributed by atoms with Crippen LogP contribution in [0.15, 0.2) is 18.3 Å². The Labute approximate surface area is 204 Å². The van der Waals surface area contributed by atoms with E-state index < -0.39 is 65.5 Å². The second kappa shape index (κ2) is 9.06. The zero-order valence-electron chi connectivity index (χ0n) is 19.8. The van der Waals surface area contributed by atoms with Crippen molar-refractivity contribution < 1.29 is 46.8 Å². The van der Waals surface area contributed by atoms with Crippen LogP contribution in [0.25, 0.3) is 11.3 Å². The highest BCUT2D eigenvalue weighted by Crippen LogP contribution is 2.48. The first-order chi connectivity index (χ1) is 17.0. The lowest BCUT2D eigenvalue weighted by Crippen LogP contribution is -2.67. The summed E-state index contributed by atoms with van der Waals surface area (Å²) in [5.41, 5.74) is 0.0336. The van der Waals surface area contributed by atoms with Crippen molar-refractivity contribution in [3.63, 3.8) is 0 Å². The molecule has 0 aliphatic carbocycles. The van der Waals surface area contributed by atoms with Crippen LogP contribution in [0.4, 0.5) is 13.2 Å². The standard InChI is InChI=1S/C23H26F3N3O7/c1-11(21(30)31)34-20-18(29-9-15(27-28-29)12-7-13(24)17(26)14(25)8-12)19-16(10-33-22(2,3)36-19)35-23(20)5-4-6-32-23/h7-9,11,16,18-20H,4-6,10H2,1-3H3,(H,30,31)/t11-,16-,18+,19+,20-,23+/m1/s1. The number of hydrogen-bond donors (Lipinski definition) is 1. The third-order valence-corrected chi connectivity index (χ3v) is 6.62. The lowest BCUT2D eigenvalue weighted by atomic mass is 9.87. The summed E-state index contributed by atoms with van der Waals surface area (Å²) in [6.45, 7) is 5.37. The van der Waals surface area contributed by atoms with E-state index in [9.17, 15) is 23.1 Å². The van der Waals surface area contributed by atoms with E-state index >= 15 is 0 Å². The topological polar surface area (TPSA) is 114 Å². The minimum absolute atomic E-state index is 0.0299. The fourth-order valence-corrected chi connectivity index (χ4v) is 4.92. The van der Waals surface area contributed by atoms with E-state index in [4.69, 9.17) is 23.7 Å². The van der Waals surface area contributed by atoms with E-state index in [0.29, 0.717) is 19.4 Å². The van der Waals surface area contributed by atoms with Crippen molar-refractivity contribution in [1.82, 2.24) is 15.0 Å². The molecule has 10 nitrogen and oxygen atoms in total. The largest absolute Gasteiger partial charge is 0.479 e. The maximum atomic E-state index is 13.9. The highest BCUT2D eigenvalue weighted by atomic mass is 19.2.